The molecule has 0 saturated carbocycles. The summed E-state index contributed by atoms with van der Waals surface area (Å²) >= 11 is 0. The van der Waals surface area contributed by atoms with Crippen molar-refractivity contribution in [3.63, 3.8) is 0 Å². The first-order chi connectivity index (χ1) is 9.53. The number of hydrogen-bond donors (Lipinski definition) is 0. The summed E-state index contributed by atoms with van der Waals surface area (Å²) in [5.74, 6) is 0.753. The van der Waals surface area contributed by atoms with Gasteiger partial charge < -0.3 is 4.74 Å². The largest absolute Gasteiger partial charge is 0.384 e. The van der Waals surface area contributed by atoms with Crippen molar-refractivity contribution in [2.24, 2.45) is 5.92 Å². The van der Waals surface area contributed by atoms with Gasteiger partial charge in [-0.25, -0.2) is 0 Å². The van der Waals surface area contributed by atoms with Gasteiger partial charge in [-0.1, -0.05) is 44.0 Å². The van der Waals surface area contributed by atoms with Gasteiger partial charge in [0.25, 0.3) is 0 Å². The monoisotopic (exact) mass is 274 g/mol. The van der Waals surface area contributed by atoms with Gasteiger partial charge in [0.2, 0.25) is 0 Å². The third-order valence-corrected chi connectivity index (χ3v) is 4.87. The molecule has 0 amide bonds. The lowest BCUT2D eigenvalue weighted by molar-refractivity contribution is 0.139. The smallest absolute Gasteiger partial charge is 0.0490 e. The van der Waals surface area contributed by atoms with E-state index in [1.165, 1.54) is 44.1 Å². The van der Waals surface area contributed by atoms with Gasteiger partial charge in [0.1, 0.15) is 0 Å². The van der Waals surface area contributed by atoms with Crippen molar-refractivity contribution < 1.29 is 4.74 Å². The first kappa shape index (κ1) is 15.6. The fourth-order valence-corrected chi connectivity index (χ4v) is 3.63. The molecule has 0 bridgehead atoms. The number of fused-ring (bicyclic) bond motifs is 1. The molecule has 1 aromatic carbocycles. The van der Waals surface area contributed by atoms with Gasteiger partial charge in [0.15, 0.2) is 0 Å². The highest BCUT2D eigenvalue weighted by Gasteiger charge is 2.25. The molecule has 1 nitrogen and oxygen atoms in total. The summed E-state index contributed by atoms with van der Waals surface area (Å²) in [5, 5.41) is 0. The van der Waals surface area contributed by atoms with Gasteiger partial charge in [0.05, 0.1) is 0 Å². The van der Waals surface area contributed by atoms with Crippen LogP contribution in [0.4, 0.5) is 0 Å². The first-order valence-electron chi connectivity index (χ1n) is 8.12. The molecule has 2 rings (SSSR count). The lowest BCUT2D eigenvalue weighted by atomic mass is 9.75. The van der Waals surface area contributed by atoms with Crippen LogP contribution in [0.1, 0.15) is 62.6 Å². The van der Waals surface area contributed by atoms with Crippen LogP contribution in [0.25, 0.3) is 0 Å². The van der Waals surface area contributed by atoms with Crippen molar-refractivity contribution in [3.8, 4) is 0 Å². The van der Waals surface area contributed by atoms with E-state index in [1.807, 2.05) is 7.11 Å². The molecule has 0 N–H and O–H groups in total. The Morgan fingerprint density at radius 1 is 1.20 bits per heavy atom. The summed E-state index contributed by atoms with van der Waals surface area (Å²) in [4.78, 5) is 0. The third-order valence-electron chi connectivity index (χ3n) is 4.87. The molecule has 0 aliphatic heterocycles. The van der Waals surface area contributed by atoms with E-state index in [2.05, 4.69) is 39.0 Å². The van der Waals surface area contributed by atoms with Crippen LogP contribution >= 0.6 is 0 Å². The molecule has 0 fully saturated rings. The quantitative estimate of drug-likeness (QED) is 0.734. The summed E-state index contributed by atoms with van der Waals surface area (Å²) in [5.41, 5.74) is 4.85. The van der Waals surface area contributed by atoms with E-state index in [-0.39, 0.29) is 0 Å². The minimum atomic E-state index is 0.302. The molecular formula is C19H30O. The van der Waals surface area contributed by atoms with Crippen molar-refractivity contribution in [1.82, 2.24) is 0 Å². The normalized spacial score (nSPS) is 23.1. The first-order valence-corrected chi connectivity index (χ1v) is 8.12. The number of benzene rings is 1. The van der Waals surface area contributed by atoms with Crippen molar-refractivity contribution in [2.75, 3.05) is 13.7 Å². The zero-order chi connectivity index (χ0) is 14.6. The van der Waals surface area contributed by atoms with E-state index in [1.54, 1.807) is 11.1 Å². The SMILES string of the molecule is COC[C@@H]1CCCc2ccc(C)cc2C(C)(C)CCC1. The highest BCUT2D eigenvalue weighted by Crippen LogP contribution is 2.35. The van der Waals surface area contributed by atoms with E-state index in [9.17, 15) is 0 Å². The number of methoxy groups -OCH3 is 1. The standard InChI is InChI=1S/C19H30O/c1-15-10-11-17-9-5-7-16(14-20-4)8-6-12-19(2,3)18(17)13-15/h10-11,13,16H,5-9,12,14H2,1-4H3/t16-/m1/s1. The Morgan fingerprint density at radius 3 is 2.70 bits per heavy atom. The fourth-order valence-electron chi connectivity index (χ4n) is 3.63. The van der Waals surface area contributed by atoms with Gasteiger partial charge in [-0.15, -0.1) is 0 Å². The van der Waals surface area contributed by atoms with Crippen LogP contribution in [0.2, 0.25) is 0 Å². The zero-order valence-electron chi connectivity index (χ0n) is 13.7. The van der Waals surface area contributed by atoms with E-state index in [0.717, 1.165) is 12.5 Å². The van der Waals surface area contributed by atoms with Crippen molar-refractivity contribution in [1.29, 1.82) is 0 Å². The van der Waals surface area contributed by atoms with Gasteiger partial charge >= 0.3 is 0 Å². The Balaban J connectivity index is 2.22. The number of hydrogen-bond acceptors (Lipinski definition) is 1. The molecule has 112 valence electrons. The Kier molecular flexibility index (Phi) is 5.26. The maximum Gasteiger partial charge on any atom is 0.0490 e. The van der Waals surface area contributed by atoms with E-state index in [4.69, 9.17) is 4.74 Å². The van der Waals surface area contributed by atoms with Crippen LogP contribution in [0.15, 0.2) is 18.2 Å². The van der Waals surface area contributed by atoms with E-state index in [0.29, 0.717) is 5.41 Å². The molecule has 0 saturated heterocycles. The molecule has 1 aromatic rings. The van der Waals surface area contributed by atoms with Crippen LogP contribution in [-0.4, -0.2) is 13.7 Å². The molecule has 1 aliphatic carbocycles. The topological polar surface area (TPSA) is 9.23 Å². The number of ether oxygens (including phenoxy) is 1. The molecule has 0 spiro atoms. The van der Waals surface area contributed by atoms with Crippen LogP contribution in [-0.2, 0) is 16.6 Å². The highest BCUT2D eigenvalue weighted by atomic mass is 16.5. The maximum absolute atomic E-state index is 5.39. The summed E-state index contributed by atoms with van der Waals surface area (Å²) in [6, 6.07) is 7.05. The molecule has 20 heavy (non-hydrogen) atoms. The van der Waals surface area contributed by atoms with Crippen LogP contribution in [0.5, 0.6) is 0 Å². The predicted molar refractivity (Wildman–Crippen MR) is 86.4 cm³/mol. The summed E-state index contributed by atoms with van der Waals surface area (Å²) < 4.78 is 5.39. The molecule has 0 heterocycles. The molecular weight excluding hydrogens is 244 g/mol. The van der Waals surface area contributed by atoms with Gasteiger partial charge in [0, 0.05) is 13.7 Å². The fraction of sp³-hybridized carbons (Fsp3) is 0.684. The highest BCUT2D eigenvalue weighted by molar-refractivity contribution is 5.37. The van der Waals surface area contributed by atoms with Gasteiger partial charge in [-0.3, -0.25) is 0 Å². The molecule has 0 aromatic heterocycles. The Hall–Kier alpha value is -0.820. The van der Waals surface area contributed by atoms with Crippen LogP contribution in [0.3, 0.4) is 0 Å². The van der Waals surface area contributed by atoms with Gasteiger partial charge in [-0.2, -0.15) is 0 Å². The second-order valence-corrected chi connectivity index (χ2v) is 7.15. The van der Waals surface area contributed by atoms with Crippen molar-refractivity contribution >= 4 is 0 Å². The van der Waals surface area contributed by atoms with Crippen LogP contribution < -0.4 is 0 Å². The summed E-state index contributed by atoms with van der Waals surface area (Å²) in [6.07, 6.45) is 7.73. The van der Waals surface area contributed by atoms with Gasteiger partial charge in [-0.05, 0) is 61.5 Å². The molecule has 1 atom stereocenters. The Bertz CT molecular complexity index is 433. The zero-order valence-corrected chi connectivity index (χ0v) is 13.7. The van der Waals surface area contributed by atoms with E-state index < -0.39 is 0 Å². The molecule has 1 aliphatic rings. The predicted octanol–water partition coefficient (Wildman–Crippen LogP) is 5.04. The Labute approximate surface area is 124 Å². The second kappa shape index (κ2) is 6.76. The minimum Gasteiger partial charge on any atom is -0.384 e. The second-order valence-electron chi connectivity index (χ2n) is 7.15. The average molecular weight is 274 g/mol. The van der Waals surface area contributed by atoms with Crippen molar-refractivity contribution in [2.45, 2.75) is 64.7 Å². The van der Waals surface area contributed by atoms with Crippen LogP contribution in [0, 0.1) is 12.8 Å². The summed E-state index contributed by atoms with van der Waals surface area (Å²) in [7, 11) is 1.83. The molecule has 0 radical (unpaired) electrons. The maximum atomic E-state index is 5.39. The number of aryl methyl sites for hydroxylation is 2. The molecule has 1 heteroatoms. The lowest BCUT2D eigenvalue weighted by Gasteiger charge is -2.31. The van der Waals surface area contributed by atoms with Crippen molar-refractivity contribution in [3.05, 3.63) is 34.9 Å². The lowest BCUT2D eigenvalue weighted by Crippen LogP contribution is -2.22. The minimum absolute atomic E-state index is 0.302. The van der Waals surface area contributed by atoms with E-state index >= 15 is 0 Å². The third kappa shape index (κ3) is 3.85. The Morgan fingerprint density at radius 2 is 1.95 bits per heavy atom. The number of rotatable bonds is 2. The molecule has 0 unspecified atom stereocenters. The average Bonchev–Trinajstić information content (AvgIpc) is 2.39. The summed E-state index contributed by atoms with van der Waals surface area (Å²) in [6.45, 7) is 7.97.